The maximum atomic E-state index is 13.0. The molecule has 7 nitrogen and oxygen atoms in total. The molecule has 1 aliphatic rings. The van der Waals surface area contributed by atoms with E-state index in [0.717, 1.165) is 6.04 Å². The fourth-order valence-electron chi connectivity index (χ4n) is 2.86. The van der Waals surface area contributed by atoms with Gasteiger partial charge in [0.15, 0.2) is 6.79 Å². The van der Waals surface area contributed by atoms with Gasteiger partial charge < -0.3 is 24.2 Å². The van der Waals surface area contributed by atoms with Gasteiger partial charge >= 0.3 is 5.97 Å². The molecule has 1 fully saturated rings. The number of likely N-dealkylation sites (tertiary alicyclic amines) is 1. The van der Waals surface area contributed by atoms with Crippen molar-refractivity contribution in [2.45, 2.75) is 44.3 Å². The van der Waals surface area contributed by atoms with Crippen LogP contribution in [-0.2, 0) is 14.3 Å². The molecular formula is C19H29NO6Si. The van der Waals surface area contributed by atoms with Crippen LogP contribution in [0.3, 0.4) is 0 Å². The van der Waals surface area contributed by atoms with E-state index >= 15 is 0 Å². The topological polar surface area (TPSA) is 85.3 Å². The zero-order valence-corrected chi connectivity index (χ0v) is 17.4. The number of benzene rings is 1. The Labute approximate surface area is 161 Å². The smallest absolute Gasteiger partial charge is 0.328 e. The van der Waals surface area contributed by atoms with Gasteiger partial charge in [-0.3, -0.25) is 4.79 Å². The van der Waals surface area contributed by atoms with Crippen LogP contribution in [0.5, 0.6) is 5.75 Å². The van der Waals surface area contributed by atoms with Crippen LogP contribution in [0.1, 0.15) is 16.8 Å². The Hall–Kier alpha value is -1.90. The summed E-state index contributed by atoms with van der Waals surface area (Å²) in [5, 5.41) is 9.90. The van der Waals surface area contributed by atoms with Crippen LogP contribution < -0.4 is 4.74 Å². The summed E-state index contributed by atoms with van der Waals surface area (Å²) in [7, 11) is 0.0977. The molecule has 1 heterocycles. The number of para-hydroxylation sites is 1. The van der Waals surface area contributed by atoms with Gasteiger partial charge in [-0.25, -0.2) is 4.79 Å². The summed E-state index contributed by atoms with van der Waals surface area (Å²) in [6, 6.07) is 7.06. The number of aliphatic hydroxyl groups is 1. The molecule has 1 aliphatic heterocycles. The molecule has 1 amide bonds. The van der Waals surface area contributed by atoms with Gasteiger partial charge in [0.1, 0.15) is 11.8 Å². The number of methoxy groups -OCH3 is 1. The van der Waals surface area contributed by atoms with Crippen LogP contribution in [0, 0.1) is 0 Å². The van der Waals surface area contributed by atoms with E-state index in [0.29, 0.717) is 17.9 Å². The highest BCUT2D eigenvalue weighted by molar-refractivity contribution is 6.76. The van der Waals surface area contributed by atoms with Crippen molar-refractivity contribution in [2.75, 3.05) is 27.1 Å². The van der Waals surface area contributed by atoms with Crippen molar-refractivity contribution < 1.29 is 28.9 Å². The highest BCUT2D eigenvalue weighted by Crippen LogP contribution is 2.26. The van der Waals surface area contributed by atoms with Crippen LogP contribution in [0.4, 0.5) is 0 Å². The largest absolute Gasteiger partial charge is 0.467 e. The molecule has 0 aliphatic carbocycles. The van der Waals surface area contributed by atoms with Crippen LogP contribution in [0.25, 0.3) is 0 Å². The first-order valence-corrected chi connectivity index (χ1v) is 12.8. The van der Waals surface area contributed by atoms with Crippen molar-refractivity contribution in [1.29, 1.82) is 0 Å². The number of hydrogen-bond acceptors (Lipinski definition) is 6. The summed E-state index contributed by atoms with van der Waals surface area (Å²) in [5.41, 5.74) is 0.328. The highest BCUT2D eigenvalue weighted by atomic mass is 28.3. The zero-order valence-electron chi connectivity index (χ0n) is 16.4. The second-order valence-corrected chi connectivity index (χ2v) is 13.5. The number of rotatable bonds is 8. The van der Waals surface area contributed by atoms with E-state index in [1.165, 1.54) is 12.0 Å². The van der Waals surface area contributed by atoms with Crippen molar-refractivity contribution in [3.8, 4) is 5.75 Å². The SMILES string of the molecule is COC(=O)[C@@H]1C[C@@H](O)CN1C(=O)c1ccccc1OCOCC[Si](C)(C)C. The molecule has 1 saturated heterocycles. The van der Waals surface area contributed by atoms with Crippen LogP contribution in [0.2, 0.25) is 25.7 Å². The number of hydrogen-bond donors (Lipinski definition) is 1. The van der Waals surface area contributed by atoms with Gasteiger partial charge in [0.25, 0.3) is 5.91 Å². The summed E-state index contributed by atoms with van der Waals surface area (Å²) in [6.07, 6.45) is -0.586. The monoisotopic (exact) mass is 395 g/mol. The summed E-state index contributed by atoms with van der Waals surface area (Å²) >= 11 is 0. The predicted molar refractivity (Wildman–Crippen MR) is 104 cm³/mol. The average Bonchev–Trinajstić information content (AvgIpc) is 3.01. The van der Waals surface area contributed by atoms with Gasteiger partial charge in [0.2, 0.25) is 0 Å². The summed E-state index contributed by atoms with van der Waals surface area (Å²) < 4.78 is 15.9. The average molecular weight is 396 g/mol. The summed E-state index contributed by atoms with van der Waals surface area (Å²) in [4.78, 5) is 26.2. The Kier molecular flexibility index (Phi) is 7.40. The van der Waals surface area contributed by atoms with E-state index < -0.39 is 26.2 Å². The summed E-state index contributed by atoms with van der Waals surface area (Å²) in [5.74, 6) is -0.520. The van der Waals surface area contributed by atoms with Gasteiger partial charge in [-0.1, -0.05) is 31.8 Å². The molecule has 2 rings (SSSR count). The van der Waals surface area contributed by atoms with E-state index in [-0.39, 0.29) is 25.7 Å². The molecule has 0 aromatic heterocycles. The van der Waals surface area contributed by atoms with Crippen molar-refractivity contribution in [1.82, 2.24) is 4.90 Å². The maximum absolute atomic E-state index is 13.0. The normalized spacial score (nSPS) is 19.8. The lowest BCUT2D eigenvalue weighted by atomic mass is 10.1. The molecule has 0 radical (unpaired) electrons. The molecule has 150 valence electrons. The first-order chi connectivity index (χ1) is 12.7. The van der Waals surface area contributed by atoms with Crippen LogP contribution in [0.15, 0.2) is 24.3 Å². The number of aliphatic hydroxyl groups excluding tert-OH is 1. The third kappa shape index (κ3) is 6.05. The van der Waals surface area contributed by atoms with Crippen molar-refractivity contribution >= 4 is 20.0 Å². The fourth-order valence-corrected chi connectivity index (χ4v) is 3.62. The molecule has 0 saturated carbocycles. The number of amides is 1. The van der Waals surface area contributed by atoms with Gasteiger partial charge in [-0.05, 0) is 18.2 Å². The summed E-state index contributed by atoms with van der Waals surface area (Å²) in [6.45, 7) is 7.57. The first kappa shape index (κ1) is 21.4. The molecule has 0 unspecified atom stereocenters. The van der Waals surface area contributed by atoms with E-state index in [4.69, 9.17) is 14.2 Å². The van der Waals surface area contributed by atoms with Gasteiger partial charge in [0, 0.05) is 27.6 Å². The first-order valence-electron chi connectivity index (χ1n) is 9.09. The van der Waals surface area contributed by atoms with Crippen molar-refractivity contribution in [3.05, 3.63) is 29.8 Å². The number of ether oxygens (including phenoxy) is 3. The van der Waals surface area contributed by atoms with Gasteiger partial charge in [-0.2, -0.15) is 0 Å². The molecule has 0 spiro atoms. The van der Waals surface area contributed by atoms with Gasteiger partial charge in [-0.15, -0.1) is 0 Å². The number of carbonyl (C=O) groups is 2. The number of β-amino-alcohol motifs (C(OH)–C–C–N with tert-alkyl or cyclic N) is 1. The lowest BCUT2D eigenvalue weighted by Gasteiger charge is -2.23. The minimum Gasteiger partial charge on any atom is -0.467 e. The van der Waals surface area contributed by atoms with Crippen molar-refractivity contribution in [2.24, 2.45) is 0 Å². The van der Waals surface area contributed by atoms with Crippen LogP contribution >= 0.6 is 0 Å². The number of esters is 1. The Morgan fingerprint density at radius 1 is 1.26 bits per heavy atom. The van der Waals surface area contributed by atoms with Crippen molar-refractivity contribution in [3.63, 3.8) is 0 Å². The third-order valence-electron chi connectivity index (χ3n) is 4.42. The Morgan fingerprint density at radius 3 is 2.63 bits per heavy atom. The molecule has 1 aromatic carbocycles. The second kappa shape index (κ2) is 9.34. The van der Waals surface area contributed by atoms with E-state index in [9.17, 15) is 14.7 Å². The molecule has 1 N–H and O–H groups in total. The van der Waals surface area contributed by atoms with E-state index in [2.05, 4.69) is 19.6 Å². The molecule has 2 atom stereocenters. The number of nitrogens with zero attached hydrogens (tertiary/aromatic N) is 1. The minimum absolute atomic E-state index is 0.0534. The Morgan fingerprint density at radius 2 is 1.96 bits per heavy atom. The quantitative estimate of drug-likeness (QED) is 0.314. The Bertz CT molecular complexity index is 660. The fraction of sp³-hybridized carbons (Fsp3) is 0.579. The molecule has 0 bridgehead atoms. The second-order valence-electron chi connectivity index (χ2n) is 7.86. The molecule has 8 heteroatoms. The van der Waals surface area contributed by atoms with E-state index in [1.54, 1.807) is 24.3 Å². The standard InChI is InChI=1S/C19H29NO6Si/c1-24-19(23)16-11-14(21)12-20(16)18(22)15-7-5-6-8-17(15)26-13-25-9-10-27(2,3)4/h5-8,14,16,21H,9-13H2,1-4H3/t14-,16+/m1/s1. The van der Waals surface area contributed by atoms with E-state index in [1.807, 2.05) is 0 Å². The minimum atomic E-state index is -1.17. The molecule has 27 heavy (non-hydrogen) atoms. The molecule has 1 aromatic rings. The third-order valence-corrected chi connectivity index (χ3v) is 6.13. The predicted octanol–water partition coefficient (Wildman–Crippen LogP) is 2.13. The maximum Gasteiger partial charge on any atom is 0.328 e. The lowest BCUT2D eigenvalue weighted by molar-refractivity contribution is -0.145. The Balaban J connectivity index is 2.03. The molecular weight excluding hydrogens is 366 g/mol. The van der Waals surface area contributed by atoms with Crippen LogP contribution in [-0.4, -0.2) is 69.2 Å². The van der Waals surface area contributed by atoms with Gasteiger partial charge in [0.05, 0.1) is 18.8 Å². The zero-order chi connectivity index (χ0) is 20.0. The highest BCUT2D eigenvalue weighted by Gasteiger charge is 2.40. The number of carbonyl (C=O) groups excluding carboxylic acids is 2. The lowest BCUT2D eigenvalue weighted by Crippen LogP contribution is -2.41.